The largest absolute Gasteiger partial charge is 0.310 e. The Bertz CT molecular complexity index is 4040. The molecule has 0 bridgehead atoms. The molecule has 0 fully saturated rings. The number of fused-ring (bicyclic) bond motifs is 7. The summed E-state index contributed by atoms with van der Waals surface area (Å²) >= 11 is 0. The van der Waals surface area contributed by atoms with Gasteiger partial charge in [-0.3, -0.25) is 0 Å². The molecule has 1 heteroatoms. The molecule has 13 aromatic carbocycles. The van der Waals surface area contributed by atoms with E-state index in [1.54, 1.807) is 0 Å². The maximum atomic E-state index is 2.43. The summed E-state index contributed by atoms with van der Waals surface area (Å²) in [6.07, 6.45) is 0. The van der Waals surface area contributed by atoms with Crippen LogP contribution in [-0.4, -0.2) is 0 Å². The van der Waals surface area contributed by atoms with Crippen molar-refractivity contribution >= 4 is 70.9 Å². The Morgan fingerprint density at radius 3 is 1.33 bits per heavy atom. The number of hydrogen-bond acceptors (Lipinski definition) is 1. The molecule has 0 unspecified atom stereocenters. The third kappa shape index (κ3) is 7.20. The fourth-order valence-electron chi connectivity index (χ4n) is 10.7. The predicted octanol–water partition coefficient (Wildman–Crippen LogP) is 19.3. The van der Waals surface area contributed by atoms with Crippen LogP contribution in [0.3, 0.4) is 0 Å². The molecule has 0 aliphatic carbocycles. The van der Waals surface area contributed by atoms with E-state index >= 15 is 0 Å². The van der Waals surface area contributed by atoms with Crippen molar-refractivity contribution in [2.75, 3.05) is 4.90 Å². The lowest BCUT2D eigenvalue weighted by Crippen LogP contribution is -2.11. The van der Waals surface area contributed by atoms with Gasteiger partial charge >= 0.3 is 0 Å². The Labute approximate surface area is 402 Å². The fourth-order valence-corrected chi connectivity index (χ4v) is 10.7. The van der Waals surface area contributed by atoms with Gasteiger partial charge < -0.3 is 4.90 Å². The monoisotopic (exact) mass is 875 g/mol. The van der Waals surface area contributed by atoms with Gasteiger partial charge in [-0.25, -0.2) is 0 Å². The number of para-hydroxylation sites is 1. The van der Waals surface area contributed by atoms with Crippen molar-refractivity contribution in [2.45, 2.75) is 0 Å². The van der Waals surface area contributed by atoms with E-state index in [2.05, 4.69) is 278 Å². The van der Waals surface area contributed by atoms with Gasteiger partial charge in [0.25, 0.3) is 0 Å². The van der Waals surface area contributed by atoms with Crippen LogP contribution in [0.2, 0.25) is 0 Å². The lowest BCUT2D eigenvalue weighted by atomic mass is 9.84. The summed E-state index contributed by atoms with van der Waals surface area (Å²) in [5, 5.41) is 12.5. The van der Waals surface area contributed by atoms with Crippen molar-refractivity contribution in [2.24, 2.45) is 0 Å². The van der Waals surface area contributed by atoms with Crippen LogP contribution in [0.5, 0.6) is 0 Å². The predicted molar refractivity (Wildman–Crippen MR) is 296 cm³/mol. The number of anilines is 3. The van der Waals surface area contributed by atoms with Gasteiger partial charge in [0.15, 0.2) is 0 Å². The zero-order chi connectivity index (χ0) is 45.7. The lowest BCUT2D eigenvalue weighted by molar-refractivity contribution is 1.28. The van der Waals surface area contributed by atoms with Crippen LogP contribution in [0.15, 0.2) is 273 Å². The van der Waals surface area contributed by atoms with Crippen molar-refractivity contribution in [3.8, 4) is 55.6 Å². The molecule has 13 aromatic rings. The molecule has 0 aromatic heterocycles. The summed E-state index contributed by atoms with van der Waals surface area (Å²) in [6, 6.07) is 100. The second kappa shape index (κ2) is 17.0. The van der Waals surface area contributed by atoms with Crippen LogP contribution in [0.25, 0.3) is 109 Å². The molecule has 0 amide bonds. The fraction of sp³-hybridized carbons (Fsp3) is 0. The van der Waals surface area contributed by atoms with Gasteiger partial charge in [-0.05, 0) is 152 Å². The van der Waals surface area contributed by atoms with Gasteiger partial charge in [-0.15, -0.1) is 0 Å². The molecule has 0 spiro atoms. The van der Waals surface area contributed by atoms with E-state index in [-0.39, 0.29) is 0 Å². The molecule has 0 saturated carbocycles. The molecule has 0 atom stereocenters. The average Bonchev–Trinajstić information content (AvgIpc) is 3.43. The van der Waals surface area contributed by atoms with Crippen LogP contribution in [0.4, 0.5) is 17.1 Å². The third-order valence-electron chi connectivity index (χ3n) is 14.0. The molecule has 0 aliphatic rings. The van der Waals surface area contributed by atoms with Gasteiger partial charge in [0, 0.05) is 16.9 Å². The van der Waals surface area contributed by atoms with Gasteiger partial charge in [0.05, 0.1) is 5.69 Å². The second-order valence-electron chi connectivity index (χ2n) is 18.0. The van der Waals surface area contributed by atoms with E-state index in [1.165, 1.54) is 98.4 Å². The van der Waals surface area contributed by atoms with Crippen LogP contribution in [0.1, 0.15) is 0 Å². The van der Waals surface area contributed by atoms with E-state index < -0.39 is 0 Å². The van der Waals surface area contributed by atoms with Gasteiger partial charge in [-0.2, -0.15) is 0 Å². The van der Waals surface area contributed by atoms with E-state index in [0.29, 0.717) is 0 Å². The van der Waals surface area contributed by atoms with E-state index in [4.69, 9.17) is 0 Å². The lowest BCUT2D eigenvalue weighted by Gasteiger charge is -2.28. The first-order valence-corrected chi connectivity index (χ1v) is 23.8. The first-order valence-electron chi connectivity index (χ1n) is 23.8. The summed E-state index contributed by atoms with van der Waals surface area (Å²) in [5.74, 6) is 0. The highest BCUT2D eigenvalue weighted by Gasteiger charge is 2.21. The number of rotatable bonds is 8. The number of hydrogen-bond donors (Lipinski definition) is 0. The maximum absolute atomic E-state index is 2.43. The minimum Gasteiger partial charge on any atom is -0.310 e. The molecule has 0 radical (unpaired) electrons. The molecular weight excluding hydrogens is 831 g/mol. The van der Waals surface area contributed by atoms with Crippen molar-refractivity contribution in [3.05, 3.63) is 273 Å². The average molecular weight is 876 g/mol. The van der Waals surface area contributed by atoms with E-state index in [1.807, 2.05) is 0 Å². The highest BCUT2D eigenvalue weighted by molar-refractivity contribution is 6.22. The van der Waals surface area contributed by atoms with Gasteiger partial charge in [0.1, 0.15) is 0 Å². The van der Waals surface area contributed by atoms with Crippen molar-refractivity contribution in [1.82, 2.24) is 0 Å². The van der Waals surface area contributed by atoms with Crippen LogP contribution >= 0.6 is 0 Å². The van der Waals surface area contributed by atoms with Crippen molar-refractivity contribution < 1.29 is 0 Å². The van der Waals surface area contributed by atoms with Gasteiger partial charge in [0.2, 0.25) is 0 Å². The SMILES string of the molecule is c1ccc(-c2c(-c3ccccc3)c3cc(-c4ccccc4N(c4ccc(-c5ccc6ccccc6c5)cc4)c4ccc(-c5ccc6c(ccc7ccccc76)c5)cc4)ccc3c3ccccc23)cc1. The summed E-state index contributed by atoms with van der Waals surface area (Å²) in [6.45, 7) is 0. The number of benzene rings is 13. The topological polar surface area (TPSA) is 3.24 Å². The molecule has 0 N–H and O–H groups in total. The Kier molecular flexibility index (Phi) is 9.91. The van der Waals surface area contributed by atoms with E-state index in [9.17, 15) is 0 Å². The van der Waals surface area contributed by atoms with Crippen molar-refractivity contribution in [3.63, 3.8) is 0 Å². The molecule has 0 aliphatic heterocycles. The highest BCUT2D eigenvalue weighted by Crippen LogP contribution is 2.48. The Morgan fingerprint density at radius 2 is 0.638 bits per heavy atom. The zero-order valence-electron chi connectivity index (χ0n) is 37.9. The van der Waals surface area contributed by atoms with Crippen molar-refractivity contribution in [1.29, 1.82) is 0 Å². The molecular formula is C68H45N. The summed E-state index contributed by atoms with van der Waals surface area (Å²) < 4.78 is 0. The third-order valence-corrected chi connectivity index (χ3v) is 14.0. The zero-order valence-corrected chi connectivity index (χ0v) is 37.9. The first kappa shape index (κ1) is 40.3. The molecule has 322 valence electrons. The molecule has 1 nitrogen and oxygen atoms in total. The smallest absolute Gasteiger partial charge is 0.0540 e. The van der Waals surface area contributed by atoms with Crippen LogP contribution in [-0.2, 0) is 0 Å². The Balaban J connectivity index is 0.977. The minimum absolute atomic E-state index is 1.08. The minimum atomic E-state index is 1.08. The quantitative estimate of drug-likeness (QED) is 0.138. The Hall–Kier alpha value is -9.04. The molecule has 13 rings (SSSR count). The Morgan fingerprint density at radius 1 is 0.203 bits per heavy atom. The first-order chi connectivity index (χ1) is 34.2. The van der Waals surface area contributed by atoms with Gasteiger partial charge in [-0.1, -0.05) is 224 Å². The van der Waals surface area contributed by atoms with Crippen LogP contribution < -0.4 is 4.90 Å². The summed E-state index contributed by atoms with van der Waals surface area (Å²) in [5.41, 5.74) is 15.2. The second-order valence-corrected chi connectivity index (χ2v) is 18.0. The summed E-state index contributed by atoms with van der Waals surface area (Å²) in [4.78, 5) is 2.42. The highest BCUT2D eigenvalue weighted by atomic mass is 15.1. The molecule has 0 heterocycles. The maximum Gasteiger partial charge on any atom is 0.0540 e. The molecule has 69 heavy (non-hydrogen) atoms. The molecule has 0 saturated heterocycles. The van der Waals surface area contributed by atoms with E-state index in [0.717, 1.165) is 28.2 Å². The summed E-state index contributed by atoms with van der Waals surface area (Å²) in [7, 11) is 0. The standard InChI is InChI=1S/C68H45N/c1-3-17-50(18-4-1)67-64-25-12-11-24-62(64)63-42-36-56(45-65(63)68(67)51-19-5-2-6-20-51)61-23-13-14-26-66(61)69(57-37-31-47(32-38-57)53-29-27-46-15-7-8-21-52(46)43-53)58-39-33-48(34-40-58)54-35-41-60-55(44-54)30-28-49-16-9-10-22-59(49)60/h1-45H. The normalized spacial score (nSPS) is 11.5. The number of nitrogens with zero attached hydrogens (tertiary/aromatic N) is 1. The van der Waals surface area contributed by atoms with Crippen LogP contribution in [0, 0.1) is 0 Å².